The van der Waals surface area contributed by atoms with Crippen LogP contribution in [0.2, 0.25) is 0 Å². The molecule has 5 heteroatoms. The second-order valence-corrected chi connectivity index (χ2v) is 4.98. The zero-order valence-corrected chi connectivity index (χ0v) is 11.7. The predicted octanol–water partition coefficient (Wildman–Crippen LogP) is 4.54. The molecule has 100 valence electrons. The van der Waals surface area contributed by atoms with Gasteiger partial charge in [-0.1, -0.05) is 12.1 Å². The minimum absolute atomic E-state index is 0.0600. The van der Waals surface area contributed by atoms with Crippen LogP contribution in [0, 0.1) is 11.6 Å². The van der Waals surface area contributed by atoms with Crippen LogP contribution in [0.15, 0.2) is 40.9 Å². The van der Waals surface area contributed by atoms with Crippen molar-refractivity contribution >= 4 is 15.9 Å². The van der Waals surface area contributed by atoms with Gasteiger partial charge in [0, 0.05) is 11.6 Å². The Kier molecular flexibility index (Phi) is 4.17. The first kappa shape index (κ1) is 14.0. The Labute approximate surface area is 118 Å². The molecule has 1 atom stereocenters. The summed E-state index contributed by atoms with van der Waals surface area (Å²) in [5.74, 6) is -0.524. The Morgan fingerprint density at radius 1 is 1.21 bits per heavy atom. The van der Waals surface area contributed by atoms with Crippen LogP contribution in [0.1, 0.15) is 18.5 Å². The lowest BCUT2D eigenvalue weighted by Gasteiger charge is -2.15. The number of halogens is 3. The summed E-state index contributed by atoms with van der Waals surface area (Å²) >= 11 is 3.17. The highest BCUT2D eigenvalue weighted by atomic mass is 79.9. The highest BCUT2D eigenvalue weighted by Crippen LogP contribution is 2.35. The van der Waals surface area contributed by atoms with E-state index in [1.54, 1.807) is 19.1 Å². The Morgan fingerprint density at radius 3 is 2.58 bits per heavy atom. The van der Waals surface area contributed by atoms with Gasteiger partial charge in [0.25, 0.3) is 0 Å². The molecule has 0 aliphatic heterocycles. The van der Waals surface area contributed by atoms with Crippen molar-refractivity contribution in [3.8, 4) is 11.5 Å². The molecule has 2 rings (SSSR count). The van der Waals surface area contributed by atoms with Crippen molar-refractivity contribution in [1.82, 2.24) is 0 Å². The normalized spacial score (nSPS) is 12.3. The van der Waals surface area contributed by atoms with Crippen LogP contribution in [0.3, 0.4) is 0 Å². The van der Waals surface area contributed by atoms with Crippen molar-refractivity contribution in [2.24, 2.45) is 5.73 Å². The third-order valence-electron chi connectivity index (χ3n) is 2.59. The lowest BCUT2D eigenvalue weighted by molar-refractivity contribution is 0.429. The maximum absolute atomic E-state index is 13.8. The van der Waals surface area contributed by atoms with Gasteiger partial charge in [-0.25, -0.2) is 8.78 Å². The summed E-state index contributed by atoms with van der Waals surface area (Å²) in [6.45, 7) is 1.74. The molecule has 2 aromatic rings. The smallest absolute Gasteiger partial charge is 0.167 e. The van der Waals surface area contributed by atoms with Crippen LogP contribution < -0.4 is 10.5 Å². The van der Waals surface area contributed by atoms with Gasteiger partial charge < -0.3 is 10.5 Å². The Morgan fingerprint density at radius 2 is 1.95 bits per heavy atom. The summed E-state index contributed by atoms with van der Waals surface area (Å²) in [4.78, 5) is 0. The summed E-state index contributed by atoms with van der Waals surface area (Å²) < 4.78 is 32.8. The lowest BCUT2D eigenvalue weighted by Crippen LogP contribution is -2.07. The Hall–Kier alpha value is -1.46. The number of hydrogen-bond acceptors (Lipinski definition) is 2. The molecular formula is C14H12BrF2NO. The van der Waals surface area contributed by atoms with Crippen molar-refractivity contribution in [2.75, 3.05) is 0 Å². The van der Waals surface area contributed by atoms with Crippen LogP contribution in [0.25, 0.3) is 0 Å². The SMILES string of the molecule is C[C@@H](N)c1cccc(F)c1Oc1ccc(F)cc1Br. The quantitative estimate of drug-likeness (QED) is 0.898. The fourth-order valence-corrected chi connectivity index (χ4v) is 2.09. The average molecular weight is 328 g/mol. The topological polar surface area (TPSA) is 35.2 Å². The third kappa shape index (κ3) is 3.11. The molecule has 0 saturated heterocycles. The van der Waals surface area contributed by atoms with E-state index in [2.05, 4.69) is 15.9 Å². The molecule has 2 N–H and O–H groups in total. The molecule has 2 aromatic carbocycles. The molecule has 0 unspecified atom stereocenters. The maximum Gasteiger partial charge on any atom is 0.167 e. The Balaban J connectivity index is 2.43. The van der Waals surface area contributed by atoms with E-state index in [0.717, 1.165) is 0 Å². The number of nitrogens with two attached hydrogens (primary N) is 1. The molecule has 0 saturated carbocycles. The van der Waals surface area contributed by atoms with Gasteiger partial charge in [-0.15, -0.1) is 0 Å². The van der Waals surface area contributed by atoms with E-state index in [0.29, 0.717) is 15.8 Å². The predicted molar refractivity (Wildman–Crippen MR) is 73.2 cm³/mol. The molecule has 0 spiro atoms. The minimum Gasteiger partial charge on any atom is -0.453 e. The lowest BCUT2D eigenvalue weighted by atomic mass is 10.1. The highest BCUT2D eigenvalue weighted by molar-refractivity contribution is 9.10. The molecule has 0 bridgehead atoms. The van der Waals surface area contributed by atoms with Gasteiger partial charge in [-0.3, -0.25) is 0 Å². The first-order valence-electron chi connectivity index (χ1n) is 5.66. The van der Waals surface area contributed by atoms with Crippen LogP contribution in [0.5, 0.6) is 11.5 Å². The van der Waals surface area contributed by atoms with Crippen molar-refractivity contribution in [3.05, 3.63) is 58.1 Å². The second kappa shape index (κ2) is 5.67. The molecule has 0 aromatic heterocycles. The number of benzene rings is 2. The molecule has 0 heterocycles. The van der Waals surface area contributed by atoms with Gasteiger partial charge in [0.05, 0.1) is 4.47 Å². The maximum atomic E-state index is 13.8. The van der Waals surface area contributed by atoms with E-state index in [9.17, 15) is 8.78 Å². The molecule has 0 radical (unpaired) electrons. The highest BCUT2D eigenvalue weighted by Gasteiger charge is 2.15. The van der Waals surface area contributed by atoms with E-state index < -0.39 is 11.6 Å². The fraction of sp³-hybridized carbons (Fsp3) is 0.143. The van der Waals surface area contributed by atoms with Gasteiger partial charge in [-0.2, -0.15) is 0 Å². The minimum atomic E-state index is -0.508. The van der Waals surface area contributed by atoms with Crippen molar-refractivity contribution in [2.45, 2.75) is 13.0 Å². The number of rotatable bonds is 3. The van der Waals surface area contributed by atoms with E-state index in [1.807, 2.05) is 0 Å². The van der Waals surface area contributed by atoms with E-state index in [1.165, 1.54) is 24.3 Å². The van der Waals surface area contributed by atoms with E-state index in [4.69, 9.17) is 10.5 Å². The van der Waals surface area contributed by atoms with Gasteiger partial charge in [0.1, 0.15) is 11.6 Å². The van der Waals surface area contributed by atoms with E-state index in [-0.39, 0.29) is 11.8 Å². The van der Waals surface area contributed by atoms with E-state index >= 15 is 0 Å². The zero-order valence-electron chi connectivity index (χ0n) is 10.2. The summed E-state index contributed by atoms with van der Waals surface area (Å²) in [6, 6.07) is 8.11. The van der Waals surface area contributed by atoms with Crippen molar-refractivity contribution in [1.29, 1.82) is 0 Å². The molecule has 0 aliphatic rings. The molecule has 0 amide bonds. The third-order valence-corrected chi connectivity index (χ3v) is 3.21. The Bertz CT molecular complexity index is 602. The summed E-state index contributed by atoms with van der Waals surface area (Å²) in [6.07, 6.45) is 0. The number of ether oxygens (including phenoxy) is 1. The van der Waals surface area contributed by atoms with Gasteiger partial charge in [0.2, 0.25) is 0 Å². The average Bonchev–Trinajstić information content (AvgIpc) is 2.34. The number of para-hydroxylation sites is 1. The number of hydrogen-bond donors (Lipinski definition) is 1. The first-order valence-corrected chi connectivity index (χ1v) is 6.45. The van der Waals surface area contributed by atoms with Crippen LogP contribution in [0.4, 0.5) is 8.78 Å². The first-order chi connectivity index (χ1) is 8.99. The fourth-order valence-electron chi connectivity index (χ4n) is 1.66. The van der Waals surface area contributed by atoms with Crippen molar-refractivity contribution in [3.63, 3.8) is 0 Å². The molecular weight excluding hydrogens is 316 g/mol. The van der Waals surface area contributed by atoms with Crippen LogP contribution in [-0.2, 0) is 0 Å². The summed E-state index contributed by atoms with van der Waals surface area (Å²) in [5, 5.41) is 0. The molecule has 2 nitrogen and oxygen atoms in total. The zero-order chi connectivity index (χ0) is 14.0. The summed E-state index contributed by atoms with van der Waals surface area (Å²) in [5.41, 5.74) is 6.33. The van der Waals surface area contributed by atoms with Crippen LogP contribution >= 0.6 is 15.9 Å². The van der Waals surface area contributed by atoms with Crippen molar-refractivity contribution < 1.29 is 13.5 Å². The largest absolute Gasteiger partial charge is 0.453 e. The van der Waals surface area contributed by atoms with Crippen LogP contribution in [-0.4, -0.2) is 0 Å². The second-order valence-electron chi connectivity index (χ2n) is 4.12. The van der Waals surface area contributed by atoms with Gasteiger partial charge >= 0.3 is 0 Å². The standard InChI is InChI=1S/C14H12BrF2NO/c1-8(18)10-3-2-4-12(17)14(10)19-13-6-5-9(16)7-11(13)15/h2-8H,18H2,1H3/t8-/m1/s1. The molecule has 0 fully saturated rings. The monoisotopic (exact) mass is 327 g/mol. The molecule has 19 heavy (non-hydrogen) atoms. The summed E-state index contributed by atoms with van der Waals surface area (Å²) in [7, 11) is 0. The van der Waals surface area contributed by atoms with Gasteiger partial charge in [-0.05, 0) is 47.1 Å². The van der Waals surface area contributed by atoms with Gasteiger partial charge in [0.15, 0.2) is 11.6 Å². The molecule has 0 aliphatic carbocycles.